The van der Waals surface area contributed by atoms with Gasteiger partial charge in [-0.15, -0.1) is 0 Å². The van der Waals surface area contributed by atoms with E-state index in [1.807, 2.05) is 0 Å². The second-order valence-electron chi connectivity index (χ2n) is 7.47. The normalized spacial score (nSPS) is 31.1. The van der Waals surface area contributed by atoms with Crippen molar-refractivity contribution >= 4 is 0 Å². The van der Waals surface area contributed by atoms with Gasteiger partial charge in [-0.25, -0.2) is 0 Å². The van der Waals surface area contributed by atoms with Crippen LogP contribution in [-0.4, -0.2) is 7.05 Å². The first kappa shape index (κ1) is 13.2. The Morgan fingerprint density at radius 1 is 1.05 bits per heavy atom. The van der Waals surface area contributed by atoms with E-state index in [0.717, 1.165) is 17.8 Å². The molecule has 1 aromatic rings. The molecule has 2 fully saturated rings. The largest absolute Gasteiger partial charge is 0.313 e. The van der Waals surface area contributed by atoms with Crippen LogP contribution in [0.2, 0.25) is 0 Å². The van der Waals surface area contributed by atoms with E-state index in [-0.39, 0.29) is 5.41 Å². The van der Waals surface area contributed by atoms with Crippen molar-refractivity contribution in [2.75, 3.05) is 7.05 Å². The Bertz CT molecular complexity index is 430. The lowest BCUT2D eigenvalue weighted by Gasteiger charge is -2.22. The fraction of sp³-hybridized carbons (Fsp3) is 0.667. The zero-order chi connectivity index (χ0) is 13.6. The number of fused-ring (bicyclic) bond motifs is 1. The molecule has 1 aromatic carbocycles. The van der Waals surface area contributed by atoms with Gasteiger partial charge in [0.25, 0.3) is 0 Å². The first-order valence-electron chi connectivity index (χ1n) is 7.80. The van der Waals surface area contributed by atoms with Gasteiger partial charge in [0.05, 0.1) is 0 Å². The van der Waals surface area contributed by atoms with Crippen molar-refractivity contribution in [1.82, 2.24) is 5.32 Å². The molecule has 3 unspecified atom stereocenters. The minimum Gasteiger partial charge on any atom is -0.313 e. The summed E-state index contributed by atoms with van der Waals surface area (Å²) in [7, 11) is 2.12. The van der Waals surface area contributed by atoms with Gasteiger partial charge < -0.3 is 5.32 Å². The summed E-state index contributed by atoms with van der Waals surface area (Å²) in [6.45, 7) is 6.84. The number of hydrogen-bond donors (Lipinski definition) is 1. The number of rotatable bonds is 3. The summed E-state index contributed by atoms with van der Waals surface area (Å²) in [5.74, 6) is 2.93. The molecule has 0 spiro atoms. The second-order valence-corrected chi connectivity index (χ2v) is 7.47. The van der Waals surface area contributed by atoms with Crippen LogP contribution in [0, 0.1) is 17.8 Å². The third-order valence-corrected chi connectivity index (χ3v) is 5.30. The molecule has 0 aliphatic heterocycles. The molecule has 2 aliphatic rings. The van der Waals surface area contributed by atoms with Gasteiger partial charge in [-0.05, 0) is 54.2 Å². The van der Waals surface area contributed by atoms with Crippen molar-refractivity contribution in [2.24, 2.45) is 17.8 Å². The zero-order valence-electron chi connectivity index (χ0n) is 12.7. The summed E-state index contributed by atoms with van der Waals surface area (Å²) in [5, 5.41) is 3.57. The van der Waals surface area contributed by atoms with Crippen LogP contribution < -0.4 is 5.32 Å². The lowest BCUT2D eigenvalue weighted by molar-refractivity contribution is 0.444. The van der Waals surface area contributed by atoms with E-state index in [0.29, 0.717) is 6.04 Å². The molecule has 1 heteroatoms. The molecule has 1 N–H and O–H groups in total. The van der Waals surface area contributed by atoms with E-state index in [1.165, 1.54) is 30.4 Å². The summed E-state index contributed by atoms with van der Waals surface area (Å²) in [5.41, 5.74) is 3.17. The van der Waals surface area contributed by atoms with E-state index in [1.54, 1.807) is 0 Å². The quantitative estimate of drug-likeness (QED) is 0.851. The third kappa shape index (κ3) is 2.33. The van der Waals surface area contributed by atoms with Crippen LogP contribution in [-0.2, 0) is 5.41 Å². The van der Waals surface area contributed by atoms with Gasteiger partial charge in [-0.1, -0.05) is 51.5 Å². The molecule has 0 aromatic heterocycles. The summed E-state index contributed by atoms with van der Waals surface area (Å²) in [6.07, 6.45) is 4.40. The summed E-state index contributed by atoms with van der Waals surface area (Å²) < 4.78 is 0. The van der Waals surface area contributed by atoms with Gasteiger partial charge in [-0.2, -0.15) is 0 Å². The van der Waals surface area contributed by atoms with Gasteiger partial charge in [0.2, 0.25) is 0 Å². The highest BCUT2D eigenvalue weighted by molar-refractivity contribution is 5.31. The molecule has 19 heavy (non-hydrogen) atoms. The molecule has 104 valence electrons. The van der Waals surface area contributed by atoms with Crippen LogP contribution >= 0.6 is 0 Å². The lowest BCUT2D eigenvalue weighted by Crippen LogP contribution is -2.21. The minimum absolute atomic E-state index is 0.254. The Hall–Kier alpha value is -0.820. The van der Waals surface area contributed by atoms with Gasteiger partial charge in [-0.3, -0.25) is 0 Å². The average Bonchev–Trinajstić information content (AvgIpc) is 2.84. The maximum absolute atomic E-state index is 3.57. The van der Waals surface area contributed by atoms with Crippen LogP contribution in [0.15, 0.2) is 24.3 Å². The van der Waals surface area contributed by atoms with Crippen molar-refractivity contribution in [3.63, 3.8) is 0 Å². The van der Waals surface area contributed by atoms with Crippen LogP contribution in [0.25, 0.3) is 0 Å². The average molecular weight is 257 g/mol. The fourth-order valence-electron chi connectivity index (χ4n) is 4.14. The Morgan fingerprint density at radius 3 is 2.11 bits per heavy atom. The molecule has 2 saturated carbocycles. The van der Waals surface area contributed by atoms with Gasteiger partial charge in [0.1, 0.15) is 0 Å². The molecule has 3 atom stereocenters. The highest BCUT2D eigenvalue weighted by Crippen LogP contribution is 2.62. The minimum atomic E-state index is 0.254. The number of nitrogens with one attached hydrogen (secondary N) is 1. The van der Waals surface area contributed by atoms with E-state index in [2.05, 4.69) is 57.4 Å². The Labute approximate surface area is 117 Å². The number of hydrogen-bond acceptors (Lipinski definition) is 1. The second kappa shape index (κ2) is 4.63. The van der Waals surface area contributed by atoms with Gasteiger partial charge in [0, 0.05) is 6.04 Å². The van der Waals surface area contributed by atoms with Crippen molar-refractivity contribution in [1.29, 1.82) is 0 Å². The maximum Gasteiger partial charge on any atom is 0.0351 e. The van der Waals surface area contributed by atoms with Gasteiger partial charge in [0.15, 0.2) is 0 Å². The predicted octanol–water partition coefficient (Wildman–Crippen LogP) is 4.29. The molecule has 0 radical (unpaired) electrons. The summed E-state index contributed by atoms with van der Waals surface area (Å²) in [4.78, 5) is 0. The van der Waals surface area contributed by atoms with Crippen LogP contribution in [0.3, 0.4) is 0 Å². The van der Waals surface area contributed by atoms with Gasteiger partial charge >= 0.3 is 0 Å². The summed E-state index contributed by atoms with van der Waals surface area (Å²) >= 11 is 0. The van der Waals surface area contributed by atoms with Crippen molar-refractivity contribution < 1.29 is 0 Å². The zero-order valence-corrected chi connectivity index (χ0v) is 12.7. The Morgan fingerprint density at radius 2 is 1.63 bits per heavy atom. The fourth-order valence-corrected chi connectivity index (χ4v) is 4.14. The highest BCUT2D eigenvalue weighted by Gasteiger charge is 2.55. The molecule has 3 rings (SSSR count). The SMILES string of the molecule is CNC(c1ccc(C(C)(C)C)cc1)C1C2CCCC21. The monoisotopic (exact) mass is 257 g/mol. The molecule has 1 nitrogen and oxygen atoms in total. The summed E-state index contributed by atoms with van der Waals surface area (Å²) in [6, 6.07) is 9.89. The maximum atomic E-state index is 3.57. The van der Waals surface area contributed by atoms with E-state index in [4.69, 9.17) is 0 Å². The van der Waals surface area contributed by atoms with Crippen molar-refractivity contribution in [3.8, 4) is 0 Å². The molecular weight excluding hydrogens is 230 g/mol. The van der Waals surface area contributed by atoms with Crippen LogP contribution in [0.1, 0.15) is 57.2 Å². The molecule has 0 bridgehead atoms. The Balaban J connectivity index is 1.77. The van der Waals surface area contributed by atoms with E-state index >= 15 is 0 Å². The molecule has 0 saturated heterocycles. The lowest BCUT2D eigenvalue weighted by atomic mass is 9.85. The Kier molecular flexibility index (Phi) is 3.21. The van der Waals surface area contributed by atoms with E-state index in [9.17, 15) is 0 Å². The van der Waals surface area contributed by atoms with Crippen LogP contribution in [0.4, 0.5) is 0 Å². The molecule has 0 heterocycles. The van der Waals surface area contributed by atoms with Crippen molar-refractivity contribution in [3.05, 3.63) is 35.4 Å². The molecule has 2 aliphatic carbocycles. The topological polar surface area (TPSA) is 12.0 Å². The predicted molar refractivity (Wildman–Crippen MR) is 81.3 cm³/mol. The van der Waals surface area contributed by atoms with Crippen molar-refractivity contribution in [2.45, 2.75) is 51.5 Å². The number of benzene rings is 1. The third-order valence-electron chi connectivity index (χ3n) is 5.30. The van der Waals surface area contributed by atoms with Crippen LogP contribution in [0.5, 0.6) is 0 Å². The standard InChI is InChI=1S/C18H27N/c1-18(2,3)13-10-8-12(9-11-13)17(19-4)16-14-6-5-7-15(14)16/h8-11,14-17,19H,5-7H2,1-4H3. The first-order chi connectivity index (χ1) is 9.02. The first-order valence-corrected chi connectivity index (χ1v) is 7.80. The molecular formula is C18H27N. The molecule has 0 amide bonds. The van der Waals surface area contributed by atoms with E-state index < -0.39 is 0 Å². The smallest absolute Gasteiger partial charge is 0.0351 e. The highest BCUT2D eigenvalue weighted by atomic mass is 14.9.